The van der Waals surface area contributed by atoms with E-state index in [1.165, 1.54) is 25.7 Å². The number of aryl methyl sites for hydroxylation is 1. The molecule has 4 aromatic rings. The topological polar surface area (TPSA) is 25.8 Å². The molecule has 0 saturated carbocycles. The molecule has 20 heavy (non-hydrogen) atoms. The first-order valence-electron chi connectivity index (χ1n) is 6.52. The molecule has 0 saturated heterocycles. The normalized spacial score (nSPS) is 11.2. The van der Waals surface area contributed by atoms with Gasteiger partial charge in [-0.1, -0.05) is 24.3 Å². The molecule has 3 heteroatoms. The summed E-state index contributed by atoms with van der Waals surface area (Å²) in [5, 5.41) is 2.69. The molecule has 0 fully saturated rings. The fourth-order valence-electron chi connectivity index (χ4n) is 2.59. The Balaban J connectivity index is 2.01. The van der Waals surface area contributed by atoms with Crippen molar-refractivity contribution in [1.29, 1.82) is 0 Å². The zero-order chi connectivity index (χ0) is 13.5. The zero-order valence-corrected chi connectivity index (χ0v) is 11.8. The zero-order valence-electron chi connectivity index (χ0n) is 11.0. The summed E-state index contributed by atoms with van der Waals surface area (Å²) in [6.07, 6.45) is 3.56. The molecule has 0 atom stereocenters. The van der Waals surface area contributed by atoms with Crippen molar-refractivity contribution in [3.63, 3.8) is 0 Å². The van der Waals surface area contributed by atoms with Gasteiger partial charge in [-0.25, -0.2) is 9.97 Å². The van der Waals surface area contributed by atoms with Crippen LogP contribution in [0.25, 0.3) is 31.6 Å². The van der Waals surface area contributed by atoms with E-state index in [1.807, 2.05) is 17.4 Å². The Labute approximate surface area is 120 Å². The number of rotatable bonds is 1. The SMILES string of the molecule is Cc1cccc2sc3cc(-c4ncccn4)ccc3c12. The maximum Gasteiger partial charge on any atom is 0.159 e. The predicted molar refractivity (Wildman–Crippen MR) is 85.1 cm³/mol. The molecule has 2 aromatic carbocycles. The van der Waals surface area contributed by atoms with Crippen LogP contribution in [0, 0.1) is 6.92 Å². The Bertz CT molecular complexity index is 910. The van der Waals surface area contributed by atoms with Gasteiger partial charge in [0, 0.05) is 38.1 Å². The van der Waals surface area contributed by atoms with Crippen molar-refractivity contribution in [2.75, 3.05) is 0 Å². The van der Waals surface area contributed by atoms with Crippen molar-refractivity contribution >= 4 is 31.5 Å². The van der Waals surface area contributed by atoms with E-state index >= 15 is 0 Å². The fourth-order valence-corrected chi connectivity index (χ4v) is 3.81. The van der Waals surface area contributed by atoms with Gasteiger partial charge in [-0.3, -0.25) is 0 Å². The van der Waals surface area contributed by atoms with Crippen LogP contribution in [0.15, 0.2) is 54.9 Å². The van der Waals surface area contributed by atoms with Crippen LogP contribution in [-0.2, 0) is 0 Å². The van der Waals surface area contributed by atoms with Crippen LogP contribution in [-0.4, -0.2) is 9.97 Å². The Morgan fingerprint density at radius 1 is 0.900 bits per heavy atom. The van der Waals surface area contributed by atoms with Crippen molar-refractivity contribution in [3.8, 4) is 11.4 Å². The van der Waals surface area contributed by atoms with Crippen molar-refractivity contribution in [3.05, 3.63) is 60.4 Å². The molecule has 0 unspecified atom stereocenters. The third-order valence-corrected chi connectivity index (χ3v) is 4.65. The van der Waals surface area contributed by atoms with Gasteiger partial charge < -0.3 is 0 Å². The summed E-state index contributed by atoms with van der Waals surface area (Å²) in [7, 11) is 0. The molecular formula is C17H12N2S. The summed E-state index contributed by atoms with van der Waals surface area (Å²) >= 11 is 1.83. The van der Waals surface area contributed by atoms with E-state index in [-0.39, 0.29) is 0 Å². The number of fused-ring (bicyclic) bond motifs is 3. The lowest BCUT2D eigenvalue weighted by Crippen LogP contribution is -1.85. The Morgan fingerprint density at radius 3 is 2.60 bits per heavy atom. The van der Waals surface area contributed by atoms with Crippen molar-refractivity contribution in [2.45, 2.75) is 6.92 Å². The van der Waals surface area contributed by atoms with Gasteiger partial charge in [-0.05, 0) is 30.7 Å². The van der Waals surface area contributed by atoms with Gasteiger partial charge in [-0.2, -0.15) is 0 Å². The molecule has 96 valence electrons. The van der Waals surface area contributed by atoms with E-state index in [2.05, 4.69) is 53.3 Å². The predicted octanol–water partition coefficient (Wildman–Crippen LogP) is 4.82. The molecule has 2 aromatic heterocycles. The van der Waals surface area contributed by atoms with Crippen LogP contribution in [0.4, 0.5) is 0 Å². The molecule has 0 radical (unpaired) electrons. The number of hydrogen-bond acceptors (Lipinski definition) is 3. The molecule has 0 aliphatic carbocycles. The number of benzene rings is 2. The highest BCUT2D eigenvalue weighted by Gasteiger charge is 2.09. The fraction of sp³-hybridized carbons (Fsp3) is 0.0588. The summed E-state index contributed by atoms with van der Waals surface area (Å²) < 4.78 is 2.63. The lowest BCUT2D eigenvalue weighted by Gasteiger charge is -2.00. The monoisotopic (exact) mass is 276 g/mol. The molecule has 0 amide bonds. The minimum atomic E-state index is 0.781. The second-order valence-electron chi connectivity index (χ2n) is 4.83. The van der Waals surface area contributed by atoms with Crippen molar-refractivity contribution < 1.29 is 0 Å². The summed E-state index contributed by atoms with van der Waals surface area (Å²) in [6, 6.07) is 14.8. The number of aromatic nitrogens is 2. The van der Waals surface area contributed by atoms with Gasteiger partial charge in [0.05, 0.1) is 0 Å². The maximum absolute atomic E-state index is 4.32. The van der Waals surface area contributed by atoms with Crippen LogP contribution in [0.2, 0.25) is 0 Å². The molecule has 2 heterocycles. The van der Waals surface area contributed by atoms with E-state index < -0.39 is 0 Å². The van der Waals surface area contributed by atoms with Crippen LogP contribution >= 0.6 is 11.3 Å². The molecular weight excluding hydrogens is 264 g/mol. The van der Waals surface area contributed by atoms with E-state index in [0.29, 0.717) is 0 Å². The van der Waals surface area contributed by atoms with Gasteiger partial charge in [0.25, 0.3) is 0 Å². The van der Waals surface area contributed by atoms with Crippen LogP contribution in [0.5, 0.6) is 0 Å². The Hall–Kier alpha value is -2.26. The van der Waals surface area contributed by atoms with Crippen molar-refractivity contribution in [1.82, 2.24) is 9.97 Å². The van der Waals surface area contributed by atoms with E-state index in [1.54, 1.807) is 12.4 Å². The van der Waals surface area contributed by atoms with Crippen LogP contribution < -0.4 is 0 Å². The highest BCUT2D eigenvalue weighted by molar-refractivity contribution is 7.25. The lowest BCUT2D eigenvalue weighted by atomic mass is 10.1. The van der Waals surface area contributed by atoms with Gasteiger partial charge >= 0.3 is 0 Å². The molecule has 4 rings (SSSR count). The molecule has 0 aliphatic rings. The third kappa shape index (κ3) is 1.71. The summed E-state index contributed by atoms with van der Waals surface area (Å²) in [6.45, 7) is 2.17. The van der Waals surface area contributed by atoms with Gasteiger partial charge in [0.2, 0.25) is 0 Å². The quantitative estimate of drug-likeness (QED) is 0.498. The van der Waals surface area contributed by atoms with Gasteiger partial charge in [0.1, 0.15) is 0 Å². The minimum absolute atomic E-state index is 0.781. The first kappa shape index (κ1) is 11.6. The van der Waals surface area contributed by atoms with Gasteiger partial charge in [-0.15, -0.1) is 11.3 Å². The Kier molecular flexibility index (Phi) is 2.54. The Morgan fingerprint density at radius 2 is 1.75 bits per heavy atom. The number of thiophene rings is 1. The average Bonchev–Trinajstić information content (AvgIpc) is 2.87. The first-order valence-corrected chi connectivity index (χ1v) is 7.34. The summed E-state index contributed by atoms with van der Waals surface area (Å²) in [4.78, 5) is 8.64. The highest BCUT2D eigenvalue weighted by Crippen LogP contribution is 2.37. The minimum Gasteiger partial charge on any atom is -0.237 e. The molecule has 0 bridgehead atoms. The highest BCUT2D eigenvalue weighted by atomic mass is 32.1. The largest absolute Gasteiger partial charge is 0.237 e. The third-order valence-electron chi connectivity index (χ3n) is 3.53. The standard InChI is InChI=1S/C17H12N2S/c1-11-4-2-5-14-16(11)13-7-6-12(10-15(13)20-14)17-18-8-3-9-19-17/h2-10H,1H3. The van der Waals surface area contributed by atoms with Gasteiger partial charge in [0.15, 0.2) is 5.82 Å². The molecule has 0 N–H and O–H groups in total. The molecule has 2 nitrogen and oxygen atoms in total. The van der Waals surface area contributed by atoms with E-state index in [0.717, 1.165) is 11.4 Å². The first-order chi connectivity index (χ1) is 9.83. The summed E-state index contributed by atoms with van der Waals surface area (Å²) in [5.74, 6) is 0.781. The van der Waals surface area contributed by atoms with Crippen LogP contribution in [0.1, 0.15) is 5.56 Å². The smallest absolute Gasteiger partial charge is 0.159 e. The molecule has 0 aliphatic heterocycles. The van der Waals surface area contributed by atoms with Crippen molar-refractivity contribution in [2.24, 2.45) is 0 Å². The van der Waals surface area contributed by atoms with E-state index in [9.17, 15) is 0 Å². The maximum atomic E-state index is 4.32. The van der Waals surface area contributed by atoms with E-state index in [4.69, 9.17) is 0 Å². The lowest BCUT2D eigenvalue weighted by molar-refractivity contribution is 1.18. The number of nitrogens with zero attached hydrogens (tertiary/aromatic N) is 2. The second-order valence-corrected chi connectivity index (χ2v) is 5.92. The average molecular weight is 276 g/mol. The van der Waals surface area contributed by atoms with Crippen LogP contribution in [0.3, 0.4) is 0 Å². The summed E-state index contributed by atoms with van der Waals surface area (Å²) in [5.41, 5.74) is 2.40. The second kappa shape index (κ2) is 4.39. The number of hydrogen-bond donors (Lipinski definition) is 0. The molecule has 0 spiro atoms.